The molecule has 1 aromatic carbocycles. The van der Waals surface area contributed by atoms with Crippen LogP contribution in [0.5, 0.6) is 0 Å². The fraction of sp³-hybridized carbons (Fsp3) is 0.727. The van der Waals surface area contributed by atoms with Gasteiger partial charge >= 0.3 is 20.4 Å². The lowest BCUT2D eigenvalue weighted by atomic mass is 10.0. The van der Waals surface area contributed by atoms with Crippen LogP contribution in [-0.4, -0.2) is 20.4 Å². The first-order valence-corrected chi connectivity index (χ1v) is 12.2. The second kappa shape index (κ2) is 15.5. The summed E-state index contributed by atoms with van der Waals surface area (Å²) in [4.78, 5) is 0. The molecule has 0 saturated heterocycles. The van der Waals surface area contributed by atoms with Crippen LogP contribution in [0.4, 0.5) is 0 Å². The molecule has 0 aliphatic rings. The zero-order valence-corrected chi connectivity index (χ0v) is 17.3. The lowest BCUT2D eigenvalue weighted by Crippen LogP contribution is -2.18. The van der Waals surface area contributed by atoms with Crippen LogP contribution >= 0.6 is 0 Å². The minimum Gasteiger partial charge on any atom is -0.171 e. The van der Waals surface area contributed by atoms with Gasteiger partial charge in [0.05, 0.1) is 0 Å². The topological polar surface area (TPSA) is 0 Å². The predicted molar refractivity (Wildman–Crippen MR) is 107 cm³/mol. The van der Waals surface area contributed by atoms with Crippen LogP contribution in [0.15, 0.2) is 24.3 Å². The van der Waals surface area contributed by atoms with E-state index in [0.717, 1.165) is 0 Å². The molecule has 0 spiro atoms. The van der Waals surface area contributed by atoms with Gasteiger partial charge in [0.15, 0.2) is 0 Å². The molecule has 0 aliphatic heterocycles. The Morgan fingerprint density at radius 2 is 1.22 bits per heavy atom. The van der Waals surface area contributed by atoms with Gasteiger partial charge in [-0.1, -0.05) is 114 Å². The first-order valence-electron chi connectivity index (χ1n) is 10.4. The molecule has 0 N–H and O–H groups in total. The van der Waals surface area contributed by atoms with Gasteiger partial charge in [-0.2, -0.15) is 3.69 Å². The van der Waals surface area contributed by atoms with Crippen LogP contribution in [-0.2, 0) is 6.42 Å². The molecule has 0 aromatic heterocycles. The quantitative estimate of drug-likeness (QED) is 0.248. The lowest BCUT2D eigenvalue weighted by molar-refractivity contribution is 0.608. The van der Waals surface area contributed by atoms with E-state index >= 15 is 0 Å². The maximum atomic E-state index is 2.43. The van der Waals surface area contributed by atoms with E-state index in [1.165, 1.54) is 88.0 Å². The Kier molecular flexibility index (Phi) is 14.2. The number of rotatable bonds is 15. The van der Waals surface area contributed by atoms with Gasteiger partial charge in [-0.15, -0.1) is 4.55 Å². The Bertz CT molecular complexity index is 372. The van der Waals surface area contributed by atoms with Crippen molar-refractivity contribution in [2.45, 2.75) is 102 Å². The van der Waals surface area contributed by atoms with Gasteiger partial charge in [-0.25, -0.2) is 0 Å². The molecule has 0 fully saturated rings. The van der Waals surface area contributed by atoms with E-state index in [-0.39, 0.29) is 20.4 Å². The SMILES string of the molecule is CCCCCCC[CH2][Mg][c]1ccccc1CCCCCCCC. The van der Waals surface area contributed by atoms with E-state index in [9.17, 15) is 0 Å². The summed E-state index contributed by atoms with van der Waals surface area (Å²) in [6, 6.07) is 9.33. The predicted octanol–water partition coefficient (Wildman–Crippen LogP) is 6.70. The molecule has 0 heterocycles. The third-order valence-corrected chi connectivity index (χ3v) is 7.05. The lowest BCUT2D eigenvalue weighted by Gasteiger charge is -2.09. The minimum atomic E-state index is -0.0274. The molecule has 0 saturated carbocycles. The van der Waals surface area contributed by atoms with Crippen molar-refractivity contribution in [3.63, 3.8) is 0 Å². The molecule has 1 rings (SSSR count). The summed E-state index contributed by atoms with van der Waals surface area (Å²) in [6.45, 7) is 4.60. The summed E-state index contributed by atoms with van der Waals surface area (Å²) in [5.74, 6) is 0. The van der Waals surface area contributed by atoms with Gasteiger partial charge in [0, 0.05) is 0 Å². The highest BCUT2D eigenvalue weighted by atomic mass is 24.5. The zero-order chi connectivity index (χ0) is 16.6. The Morgan fingerprint density at radius 3 is 1.91 bits per heavy atom. The maximum Gasteiger partial charge on any atom is 0.409 e. The van der Waals surface area contributed by atoms with Crippen LogP contribution in [0.3, 0.4) is 0 Å². The largest absolute Gasteiger partial charge is 0.409 e. The van der Waals surface area contributed by atoms with Crippen LogP contribution in [0.25, 0.3) is 0 Å². The van der Waals surface area contributed by atoms with Crippen molar-refractivity contribution < 1.29 is 0 Å². The van der Waals surface area contributed by atoms with Crippen molar-refractivity contribution in [1.29, 1.82) is 0 Å². The van der Waals surface area contributed by atoms with E-state index in [0.29, 0.717) is 0 Å². The minimum absolute atomic E-state index is 0.0274. The van der Waals surface area contributed by atoms with Crippen LogP contribution in [0, 0.1) is 0 Å². The second-order valence-corrected chi connectivity index (χ2v) is 9.13. The standard InChI is InChI=1S/C14H21.C8H17.Mg/c1-2-3-4-5-6-8-11-14-12-9-7-10-13-14;1-3-5-7-8-6-4-2;/h7,9-10,12H,2-6,8,11H2,1H3;1,3-8H2,2H3;. The molecule has 0 aliphatic carbocycles. The number of hydrogen-bond donors (Lipinski definition) is 0. The third kappa shape index (κ3) is 11.2. The molecular weight excluding hydrogens is 289 g/mol. The smallest absolute Gasteiger partial charge is 0.171 e. The summed E-state index contributed by atoms with van der Waals surface area (Å²) in [6.07, 6.45) is 18.4. The van der Waals surface area contributed by atoms with Crippen molar-refractivity contribution in [2.24, 2.45) is 0 Å². The monoisotopic (exact) mass is 326 g/mol. The fourth-order valence-corrected chi connectivity index (χ4v) is 5.32. The Morgan fingerprint density at radius 1 is 0.652 bits per heavy atom. The van der Waals surface area contributed by atoms with Gasteiger partial charge in [-0.3, -0.25) is 0 Å². The van der Waals surface area contributed by atoms with Gasteiger partial charge in [-0.05, 0) is 12.8 Å². The number of benzene rings is 1. The number of hydrogen-bond acceptors (Lipinski definition) is 0. The highest BCUT2D eigenvalue weighted by molar-refractivity contribution is 6.54. The first kappa shape index (κ1) is 21.0. The van der Waals surface area contributed by atoms with Crippen molar-refractivity contribution >= 4 is 24.1 Å². The molecular formula is C22H38Mg. The van der Waals surface area contributed by atoms with Crippen LogP contribution in [0.1, 0.15) is 96.5 Å². The molecule has 0 atom stereocenters. The summed E-state index contributed by atoms with van der Waals surface area (Å²) in [5.41, 5.74) is 1.68. The molecule has 0 amide bonds. The van der Waals surface area contributed by atoms with Gasteiger partial charge in [0.1, 0.15) is 0 Å². The summed E-state index contributed by atoms with van der Waals surface area (Å²) >= 11 is -0.0274. The number of aryl methyl sites for hydroxylation is 1. The average Bonchev–Trinajstić information content (AvgIpc) is 2.58. The molecule has 23 heavy (non-hydrogen) atoms. The van der Waals surface area contributed by atoms with E-state index in [1.54, 1.807) is 9.26 Å². The molecule has 0 unspecified atom stereocenters. The van der Waals surface area contributed by atoms with Crippen molar-refractivity contribution in [3.8, 4) is 0 Å². The van der Waals surface area contributed by atoms with Crippen molar-refractivity contribution in [1.82, 2.24) is 0 Å². The number of unbranched alkanes of at least 4 members (excludes halogenated alkanes) is 10. The van der Waals surface area contributed by atoms with Crippen molar-refractivity contribution in [2.75, 3.05) is 0 Å². The second-order valence-electron chi connectivity index (χ2n) is 7.16. The van der Waals surface area contributed by atoms with Crippen LogP contribution < -0.4 is 3.69 Å². The molecule has 1 heteroatoms. The summed E-state index contributed by atoms with van der Waals surface area (Å²) in [7, 11) is 0. The Hall–Kier alpha value is -0.0138. The van der Waals surface area contributed by atoms with Crippen LogP contribution in [0.2, 0.25) is 4.55 Å². The van der Waals surface area contributed by atoms with E-state index in [2.05, 4.69) is 38.1 Å². The summed E-state index contributed by atoms with van der Waals surface area (Å²) < 4.78 is 3.27. The van der Waals surface area contributed by atoms with Gasteiger partial charge in [0.2, 0.25) is 0 Å². The highest BCUT2D eigenvalue weighted by Gasteiger charge is 2.05. The average molecular weight is 327 g/mol. The highest BCUT2D eigenvalue weighted by Crippen LogP contribution is 2.10. The van der Waals surface area contributed by atoms with Gasteiger partial charge < -0.3 is 0 Å². The molecule has 128 valence electrons. The fourth-order valence-electron chi connectivity index (χ4n) is 3.41. The van der Waals surface area contributed by atoms with Gasteiger partial charge in [0.25, 0.3) is 0 Å². The zero-order valence-electron chi connectivity index (χ0n) is 15.9. The molecule has 0 nitrogen and oxygen atoms in total. The van der Waals surface area contributed by atoms with E-state index in [1.807, 2.05) is 0 Å². The summed E-state index contributed by atoms with van der Waals surface area (Å²) in [5, 5.41) is 0. The Balaban J connectivity index is 2.17. The van der Waals surface area contributed by atoms with Crippen molar-refractivity contribution in [3.05, 3.63) is 29.8 Å². The molecule has 1 aromatic rings. The maximum absolute atomic E-state index is 2.43. The Labute approximate surface area is 155 Å². The van der Waals surface area contributed by atoms with E-state index in [4.69, 9.17) is 0 Å². The first-order chi connectivity index (χ1) is 11.4. The normalized spacial score (nSPS) is 10.7. The molecule has 0 radical (unpaired) electrons. The molecule has 0 bridgehead atoms. The third-order valence-electron chi connectivity index (χ3n) is 4.97. The van der Waals surface area contributed by atoms with E-state index < -0.39 is 0 Å².